The number of carbonyl (C=O) groups is 1. The summed E-state index contributed by atoms with van der Waals surface area (Å²) in [5.41, 5.74) is 6.73. The fourth-order valence-electron chi connectivity index (χ4n) is 2.41. The maximum atomic E-state index is 13.6. The van der Waals surface area contributed by atoms with Gasteiger partial charge in [-0.25, -0.2) is 4.39 Å². The minimum Gasteiger partial charge on any atom is -0.489 e. The molecule has 0 aliphatic rings. The van der Waals surface area contributed by atoms with E-state index in [4.69, 9.17) is 33.7 Å². The van der Waals surface area contributed by atoms with Gasteiger partial charge in [0, 0.05) is 23.7 Å². The van der Waals surface area contributed by atoms with Crippen molar-refractivity contribution >= 4 is 46.9 Å². The van der Waals surface area contributed by atoms with E-state index in [2.05, 4.69) is 15.2 Å². The number of anilines is 3. The molecule has 2 aromatic heterocycles. The summed E-state index contributed by atoms with van der Waals surface area (Å²) in [6.45, 7) is 0.103. The summed E-state index contributed by atoms with van der Waals surface area (Å²) in [7, 11) is 0. The number of pyridine rings is 1. The van der Waals surface area contributed by atoms with Gasteiger partial charge in [0.1, 0.15) is 5.82 Å². The molecule has 0 saturated heterocycles. The van der Waals surface area contributed by atoms with E-state index in [1.165, 1.54) is 29.3 Å². The average molecular weight is 422 g/mol. The van der Waals surface area contributed by atoms with Gasteiger partial charge in [0.15, 0.2) is 17.4 Å². The molecule has 0 bridgehead atoms. The van der Waals surface area contributed by atoms with Gasteiger partial charge in [-0.3, -0.25) is 14.7 Å². The summed E-state index contributed by atoms with van der Waals surface area (Å²) >= 11 is 12.0. The van der Waals surface area contributed by atoms with Gasteiger partial charge >= 0.3 is 0 Å². The van der Waals surface area contributed by atoms with Gasteiger partial charge in [-0.1, -0.05) is 23.2 Å². The summed E-state index contributed by atoms with van der Waals surface area (Å²) in [5.74, 6) is -0.109. The minimum atomic E-state index is -0.563. The zero-order valence-corrected chi connectivity index (χ0v) is 15.9. The largest absolute Gasteiger partial charge is 0.489 e. The first-order valence-electron chi connectivity index (χ1n) is 8.04. The van der Waals surface area contributed by atoms with Crippen LogP contribution in [0.1, 0.15) is 5.56 Å². The molecule has 10 heteroatoms. The number of hydrogen-bond donors (Lipinski definition) is 1. The highest BCUT2D eigenvalue weighted by Gasteiger charge is 2.15. The number of benzene rings is 1. The molecular weight excluding hydrogens is 408 g/mol. The first kappa shape index (κ1) is 19.8. The maximum Gasteiger partial charge on any atom is 0.220 e. The summed E-state index contributed by atoms with van der Waals surface area (Å²) < 4.78 is 19.2. The Bertz CT molecular complexity index is 991. The van der Waals surface area contributed by atoms with Gasteiger partial charge in [-0.2, -0.15) is 0 Å². The van der Waals surface area contributed by atoms with Crippen molar-refractivity contribution in [1.29, 1.82) is 0 Å². The third-order valence-electron chi connectivity index (χ3n) is 3.80. The van der Waals surface area contributed by atoms with Crippen molar-refractivity contribution in [1.82, 2.24) is 15.2 Å². The number of aromatic nitrogens is 3. The molecule has 7 nitrogen and oxygen atoms in total. The lowest BCUT2D eigenvalue weighted by atomic mass is 10.1. The number of nitrogens with zero attached hydrogens (tertiary/aromatic N) is 4. The molecule has 2 N–H and O–H groups in total. The Kier molecular flexibility index (Phi) is 6.23. The second-order valence-corrected chi connectivity index (χ2v) is 6.34. The molecule has 0 fully saturated rings. The van der Waals surface area contributed by atoms with Crippen LogP contribution in [0.4, 0.5) is 21.7 Å². The third-order valence-corrected chi connectivity index (χ3v) is 4.56. The van der Waals surface area contributed by atoms with Crippen molar-refractivity contribution < 1.29 is 13.9 Å². The smallest absolute Gasteiger partial charge is 0.220 e. The Morgan fingerprint density at radius 1 is 1.25 bits per heavy atom. The second kappa shape index (κ2) is 8.81. The zero-order valence-electron chi connectivity index (χ0n) is 14.3. The van der Waals surface area contributed by atoms with E-state index in [9.17, 15) is 9.18 Å². The summed E-state index contributed by atoms with van der Waals surface area (Å²) in [5, 5.41) is 8.01. The lowest BCUT2D eigenvalue weighted by Crippen LogP contribution is -2.17. The highest BCUT2D eigenvalue weighted by Crippen LogP contribution is 2.29. The van der Waals surface area contributed by atoms with E-state index in [-0.39, 0.29) is 35.4 Å². The van der Waals surface area contributed by atoms with Crippen LogP contribution in [0.3, 0.4) is 0 Å². The van der Waals surface area contributed by atoms with Crippen LogP contribution < -0.4 is 15.4 Å². The van der Waals surface area contributed by atoms with E-state index in [0.717, 1.165) is 0 Å². The van der Waals surface area contributed by atoms with Crippen LogP contribution in [0, 0.1) is 5.82 Å². The minimum absolute atomic E-state index is 0.0391. The normalized spacial score (nSPS) is 10.5. The molecule has 2 heterocycles. The number of nitrogens with two attached hydrogens (primary N) is 1. The second-order valence-electron chi connectivity index (χ2n) is 5.56. The van der Waals surface area contributed by atoms with Crippen molar-refractivity contribution in [3.8, 4) is 5.75 Å². The van der Waals surface area contributed by atoms with Crippen molar-refractivity contribution in [3.63, 3.8) is 0 Å². The number of carbonyl (C=O) groups excluding carboxylic acids is 1. The van der Waals surface area contributed by atoms with Crippen molar-refractivity contribution in [2.45, 2.75) is 6.42 Å². The Morgan fingerprint density at radius 2 is 2.07 bits per heavy atom. The maximum absolute atomic E-state index is 13.6. The predicted molar refractivity (Wildman–Crippen MR) is 105 cm³/mol. The van der Waals surface area contributed by atoms with Gasteiger partial charge < -0.3 is 10.5 Å². The summed E-state index contributed by atoms with van der Waals surface area (Å²) in [4.78, 5) is 16.7. The number of halogens is 3. The van der Waals surface area contributed by atoms with Gasteiger partial charge in [-0.15, -0.1) is 10.2 Å². The van der Waals surface area contributed by atoms with E-state index >= 15 is 0 Å². The summed E-state index contributed by atoms with van der Waals surface area (Å²) in [6, 6.07) is 7.46. The molecule has 0 aliphatic heterocycles. The first-order chi connectivity index (χ1) is 13.5. The van der Waals surface area contributed by atoms with Crippen molar-refractivity contribution in [2.24, 2.45) is 0 Å². The lowest BCUT2D eigenvalue weighted by Gasteiger charge is -2.17. The van der Waals surface area contributed by atoms with Crippen molar-refractivity contribution in [2.75, 3.05) is 17.2 Å². The van der Waals surface area contributed by atoms with Crippen molar-refractivity contribution in [3.05, 3.63) is 64.2 Å². The van der Waals surface area contributed by atoms with Gasteiger partial charge in [0.2, 0.25) is 6.41 Å². The number of amides is 1. The van der Waals surface area contributed by atoms with Gasteiger partial charge in [0.05, 0.1) is 23.5 Å². The third kappa shape index (κ3) is 4.29. The molecule has 0 aliphatic carbocycles. The standard InChI is InChI=1S/C18H14Cl2FN5O2/c19-13-3-4-14(21)17(20)12(13)5-7-28-15-8-16(24-25-18(15)22)26(10-27)11-2-1-6-23-9-11/h1-4,6,8-10H,5,7H2,(H2,22,25). The topological polar surface area (TPSA) is 94.2 Å². The average Bonchev–Trinajstić information content (AvgIpc) is 2.71. The van der Waals surface area contributed by atoms with Crippen LogP contribution in [0.15, 0.2) is 42.7 Å². The van der Waals surface area contributed by atoms with E-state index in [0.29, 0.717) is 22.7 Å². The fourth-order valence-corrected chi connectivity index (χ4v) is 2.97. The van der Waals surface area contributed by atoms with E-state index < -0.39 is 5.82 Å². The van der Waals surface area contributed by atoms with Crippen LogP contribution in [0.2, 0.25) is 10.0 Å². The highest BCUT2D eigenvalue weighted by molar-refractivity contribution is 6.36. The summed E-state index contributed by atoms with van der Waals surface area (Å²) in [6.07, 6.45) is 3.90. The molecule has 28 heavy (non-hydrogen) atoms. The SMILES string of the molecule is Nc1nnc(N(C=O)c2cccnc2)cc1OCCc1c(Cl)ccc(F)c1Cl. The molecule has 0 saturated carbocycles. The Hall–Kier alpha value is -2.97. The number of nitrogen functional groups attached to an aromatic ring is 1. The molecule has 0 unspecified atom stereocenters. The number of rotatable bonds is 7. The highest BCUT2D eigenvalue weighted by atomic mass is 35.5. The fraction of sp³-hybridized carbons (Fsp3) is 0.111. The van der Waals surface area contributed by atoms with Crippen LogP contribution in [0.5, 0.6) is 5.75 Å². The Morgan fingerprint density at radius 3 is 2.79 bits per heavy atom. The number of hydrogen-bond acceptors (Lipinski definition) is 6. The molecule has 3 aromatic rings. The predicted octanol–water partition coefficient (Wildman–Crippen LogP) is 3.82. The van der Waals surface area contributed by atoms with E-state index in [1.54, 1.807) is 18.3 Å². The zero-order chi connectivity index (χ0) is 20.1. The number of ether oxygens (including phenoxy) is 1. The van der Waals surface area contributed by atoms with Gasteiger partial charge in [0.25, 0.3) is 0 Å². The van der Waals surface area contributed by atoms with Crippen LogP contribution >= 0.6 is 23.2 Å². The first-order valence-corrected chi connectivity index (χ1v) is 8.79. The van der Waals surface area contributed by atoms with Gasteiger partial charge in [-0.05, 0) is 29.8 Å². The molecule has 0 radical (unpaired) electrons. The van der Waals surface area contributed by atoms with Crippen LogP contribution in [0.25, 0.3) is 0 Å². The molecule has 0 atom stereocenters. The lowest BCUT2D eigenvalue weighted by molar-refractivity contribution is -0.106. The molecule has 1 aromatic carbocycles. The van der Waals surface area contributed by atoms with Crippen LogP contribution in [-0.4, -0.2) is 28.2 Å². The molecule has 1 amide bonds. The van der Waals surface area contributed by atoms with E-state index in [1.807, 2.05) is 0 Å². The quantitative estimate of drug-likeness (QED) is 0.460. The molecule has 0 spiro atoms. The Labute approximate surface area is 169 Å². The molecular formula is C18H14Cl2FN5O2. The Balaban J connectivity index is 1.77. The van der Waals surface area contributed by atoms with Crippen LogP contribution in [-0.2, 0) is 11.2 Å². The molecule has 144 valence electrons. The monoisotopic (exact) mass is 421 g/mol. The molecule has 3 rings (SSSR count).